The van der Waals surface area contributed by atoms with Crippen LogP contribution in [0, 0.1) is 5.92 Å². The highest BCUT2D eigenvalue weighted by Gasteiger charge is 2.19. The zero-order valence-electron chi connectivity index (χ0n) is 17.8. The van der Waals surface area contributed by atoms with E-state index in [1.807, 2.05) is 35.0 Å². The van der Waals surface area contributed by atoms with Gasteiger partial charge in [0.1, 0.15) is 5.52 Å². The normalized spacial score (nSPS) is 14.8. The summed E-state index contributed by atoms with van der Waals surface area (Å²) in [5, 5.41) is 15.6. The summed E-state index contributed by atoms with van der Waals surface area (Å²) in [7, 11) is 0. The molecule has 160 valence electrons. The van der Waals surface area contributed by atoms with E-state index in [2.05, 4.69) is 35.0 Å². The van der Waals surface area contributed by atoms with Crippen molar-refractivity contribution in [3.63, 3.8) is 0 Å². The summed E-state index contributed by atoms with van der Waals surface area (Å²) in [6, 6.07) is 10.1. The molecule has 0 amide bonds. The summed E-state index contributed by atoms with van der Waals surface area (Å²) < 4.78 is 7.38. The molecule has 8 heteroatoms. The first kappa shape index (κ1) is 20.2. The van der Waals surface area contributed by atoms with E-state index in [0.717, 1.165) is 71.4 Å². The molecule has 1 aromatic carbocycles. The van der Waals surface area contributed by atoms with Crippen LogP contribution < -0.4 is 4.90 Å². The van der Waals surface area contributed by atoms with Crippen molar-refractivity contribution >= 4 is 33.8 Å². The molecule has 0 N–H and O–H groups in total. The van der Waals surface area contributed by atoms with E-state index in [1.165, 1.54) is 0 Å². The fourth-order valence-corrected chi connectivity index (χ4v) is 4.13. The number of benzene rings is 1. The van der Waals surface area contributed by atoms with Crippen molar-refractivity contribution in [2.24, 2.45) is 5.92 Å². The molecule has 4 aromatic rings. The van der Waals surface area contributed by atoms with E-state index in [-0.39, 0.29) is 0 Å². The molecule has 0 saturated carbocycles. The third kappa shape index (κ3) is 4.07. The minimum absolute atomic E-state index is 0.460. The third-order valence-electron chi connectivity index (χ3n) is 5.57. The van der Waals surface area contributed by atoms with Crippen LogP contribution in [0.25, 0.3) is 16.6 Å². The molecule has 0 unspecified atom stereocenters. The van der Waals surface area contributed by atoms with Gasteiger partial charge in [-0.3, -0.25) is 0 Å². The van der Waals surface area contributed by atoms with Crippen LogP contribution in [0.2, 0.25) is 5.02 Å². The van der Waals surface area contributed by atoms with E-state index in [9.17, 15) is 0 Å². The Morgan fingerprint density at radius 2 is 1.87 bits per heavy atom. The van der Waals surface area contributed by atoms with Gasteiger partial charge < -0.3 is 9.64 Å². The maximum atomic E-state index is 6.09. The summed E-state index contributed by atoms with van der Waals surface area (Å²) in [6.07, 6.45) is 3.42. The zero-order valence-corrected chi connectivity index (χ0v) is 18.5. The molecule has 1 aliphatic rings. The Kier molecular flexibility index (Phi) is 5.46. The Bertz CT molecular complexity index is 1210. The van der Waals surface area contributed by atoms with Crippen LogP contribution in [-0.4, -0.2) is 51.1 Å². The largest absolute Gasteiger partial charge is 0.378 e. The van der Waals surface area contributed by atoms with Gasteiger partial charge in [-0.1, -0.05) is 37.6 Å². The van der Waals surface area contributed by atoms with Gasteiger partial charge in [0.15, 0.2) is 5.82 Å². The predicted molar refractivity (Wildman–Crippen MR) is 122 cm³/mol. The molecule has 3 aromatic heterocycles. The van der Waals surface area contributed by atoms with Crippen LogP contribution in [0.4, 0.5) is 5.69 Å². The Labute approximate surface area is 186 Å². The Morgan fingerprint density at radius 3 is 2.61 bits per heavy atom. The fourth-order valence-electron chi connectivity index (χ4n) is 4.00. The molecule has 0 bridgehead atoms. The number of fused-ring (bicyclic) bond motifs is 3. The predicted octanol–water partition coefficient (Wildman–Crippen LogP) is 3.95. The molecular weight excluding hydrogens is 412 g/mol. The molecule has 0 aliphatic carbocycles. The fraction of sp³-hybridized carbons (Fsp3) is 0.391. The number of ether oxygens (including phenoxy) is 1. The quantitative estimate of drug-likeness (QED) is 0.472. The SMILES string of the molecule is CC(C)Cc1nnc2c3ncc(N4CCOCC4)cc3c(Cc3ccc(Cl)cc3)nn12. The Balaban J connectivity index is 1.66. The summed E-state index contributed by atoms with van der Waals surface area (Å²) in [6.45, 7) is 7.52. The second-order valence-corrected chi connectivity index (χ2v) is 8.83. The number of halogens is 1. The first-order valence-electron chi connectivity index (χ1n) is 10.7. The molecule has 0 radical (unpaired) electrons. The number of aromatic nitrogens is 5. The average molecular weight is 437 g/mol. The lowest BCUT2D eigenvalue weighted by Gasteiger charge is -2.28. The molecule has 1 saturated heterocycles. The minimum Gasteiger partial charge on any atom is -0.378 e. The molecule has 7 nitrogen and oxygen atoms in total. The highest BCUT2D eigenvalue weighted by molar-refractivity contribution is 6.30. The lowest BCUT2D eigenvalue weighted by atomic mass is 10.1. The van der Waals surface area contributed by atoms with Crippen LogP contribution in [0.3, 0.4) is 0 Å². The number of nitrogens with zero attached hydrogens (tertiary/aromatic N) is 6. The average Bonchev–Trinajstić information content (AvgIpc) is 3.17. The number of anilines is 1. The summed E-state index contributed by atoms with van der Waals surface area (Å²) in [5.41, 5.74) is 4.73. The first-order chi connectivity index (χ1) is 15.1. The van der Waals surface area contributed by atoms with E-state index in [1.54, 1.807) is 0 Å². The number of morpholine rings is 1. The molecule has 1 aliphatic heterocycles. The van der Waals surface area contributed by atoms with Crippen LogP contribution in [0.5, 0.6) is 0 Å². The summed E-state index contributed by atoms with van der Waals surface area (Å²) >= 11 is 6.09. The molecule has 0 atom stereocenters. The van der Waals surface area contributed by atoms with Crippen LogP contribution in [0.1, 0.15) is 30.9 Å². The van der Waals surface area contributed by atoms with E-state index < -0.39 is 0 Å². The van der Waals surface area contributed by atoms with Crippen molar-refractivity contribution in [1.29, 1.82) is 0 Å². The molecule has 31 heavy (non-hydrogen) atoms. The van der Waals surface area contributed by atoms with Gasteiger partial charge in [-0.2, -0.15) is 9.61 Å². The van der Waals surface area contributed by atoms with Gasteiger partial charge in [0, 0.05) is 36.3 Å². The highest BCUT2D eigenvalue weighted by Crippen LogP contribution is 2.27. The van der Waals surface area contributed by atoms with Gasteiger partial charge in [-0.05, 0) is 29.7 Å². The number of hydrogen-bond acceptors (Lipinski definition) is 6. The monoisotopic (exact) mass is 436 g/mol. The van der Waals surface area contributed by atoms with Crippen LogP contribution >= 0.6 is 11.6 Å². The maximum Gasteiger partial charge on any atom is 0.204 e. The van der Waals surface area contributed by atoms with Crippen molar-refractivity contribution in [2.45, 2.75) is 26.7 Å². The van der Waals surface area contributed by atoms with E-state index >= 15 is 0 Å². The van der Waals surface area contributed by atoms with Crippen molar-refractivity contribution in [1.82, 2.24) is 24.8 Å². The highest BCUT2D eigenvalue weighted by atomic mass is 35.5. The number of rotatable bonds is 5. The topological polar surface area (TPSA) is 68.4 Å². The molecule has 5 rings (SSSR count). The third-order valence-corrected chi connectivity index (χ3v) is 5.83. The zero-order chi connectivity index (χ0) is 21.4. The van der Waals surface area contributed by atoms with Gasteiger partial charge in [0.25, 0.3) is 0 Å². The first-order valence-corrected chi connectivity index (χ1v) is 11.1. The minimum atomic E-state index is 0.460. The number of pyridine rings is 1. The molecular formula is C23H25ClN6O. The van der Waals surface area contributed by atoms with E-state index in [4.69, 9.17) is 26.4 Å². The van der Waals surface area contributed by atoms with Crippen molar-refractivity contribution in [3.8, 4) is 0 Å². The van der Waals surface area contributed by atoms with Crippen molar-refractivity contribution in [3.05, 3.63) is 58.6 Å². The second kappa shape index (κ2) is 8.40. The number of hydrogen-bond donors (Lipinski definition) is 0. The second-order valence-electron chi connectivity index (χ2n) is 8.39. The standard InChI is InChI=1S/C23H25ClN6O/c1-15(2)11-21-26-27-23-22-19(13-18(14-25-22)29-7-9-31-10-8-29)20(28-30(21)23)12-16-3-5-17(24)6-4-16/h3-6,13-15H,7-12H2,1-2H3. The Morgan fingerprint density at radius 1 is 1.10 bits per heavy atom. The summed E-state index contributed by atoms with van der Waals surface area (Å²) in [5.74, 6) is 1.32. The van der Waals surface area contributed by atoms with Crippen molar-refractivity contribution < 1.29 is 4.74 Å². The van der Waals surface area contributed by atoms with Gasteiger partial charge in [0.05, 0.1) is 30.8 Å². The Hall–Kier alpha value is -2.77. The lowest BCUT2D eigenvalue weighted by Crippen LogP contribution is -2.36. The smallest absolute Gasteiger partial charge is 0.204 e. The molecule has 4 heterocycles. The summed E-state index contributed by atoms with van der Waals surface area (Å²) in [4.78, 5) is 7.13. The van der Waals surface area contributed by atoms with Gasteiger partial charge in [-0.25, -0.2) is 4.98 Å². The van der Waals surface area contributed by atoms with Crippen LogP contribution in [-0.2, 0) is 17.6 Å². The lowest BCUT2D eigenvalue weighted by molar-refractivity contribution is 0.122. The van der Waals surface area contributed by atoms with Gasteiger partial charge in [0.2, 0.25) is 5.65 Å². The van der Waals surface area contributed by atoms with Crippen molar-refractivity contribution in [2.75, 3.05) is 31.2 Å². The van der Waals surface area contributed by atoms with E-state index in [0.29, 0.717) is 18.0 Å². The van der Waals surface area contributed by atoms with Gasteiger partial charge >= 0.3 is 0 Å². The maximum absolute atomic E-state index is 6.09. The van der Waals surface area contributed by atoms with Crippen LogP contribution in [0.15, 0.2) is 36.5 Å². The van der Waals surface area contributed by atoms with Gasteiger partial charge in [-0.15, -0.1) is 10.2 Å². The molecule has 0 spiro atoms. The molecule has 1 fully saturated rings.